The normalized spacial score (nSPS) is 32.0. The fourth-order valence-electron chi connectivity index (χ4n) is 11.7. The number of hydrogen-bond donors (Lipinski definition) is 2. The zero-order valence-electron chi connectivity index (χ0n) is 35.4. The second-order valence-electron chi connectivity index (χ2n) is 16.4. The van der Waals surface area contributed by atoms with E-state index in [-0.39, 0.29) is 30.5 Å². The number of halogens is 2. The predicted molar refractivity (Wildman–Crippen MR) is 222 cm³/mol. The number of alkyl halides is 2. The van der Waals surface area contributed by atoms with Crippen LogP contribution in [0.2, 0.25) is 0 Å². The van der Waals surface area contributed by atoms with Crippen LogP contribution in [0.3, 0.4) is 0 Å². The molecule has 0 amide bonds. The Balaban J connectivity index is 0.00000124. The molecule has 58 heavy (non-hydrogen) atoms. The summed E-state index contributed by atoms with van der Waals surface area (Å²) >= 11 is 0. The van der Waals surface area contributed by atoms with Crippen molar-refractivity contribution in [3.8, 4) is 5.75 Å². The lowest BCUT2D eigenvalue weighted by Gasteiger charge is -2.54. The molecule has 314 valence electrons. The van der Waals surface area contributed by atoms with E-state index in [9.17, 15) is 9.90 Å². The number of carbonyl (C=O) groups is 2. The molecule has 10 nitrogen and oxygen atoms in total. The number of para-hydroxylation sites is 1. The number of nitrogens with one attached hydrogen (secondary N) is 1. The number of aliphatic hydroxyl groups is 1. The molecule has 1 saturated carbocycles. The molecule has 4 unspecified atom stereocenters. The molecule has 0 radical (unpaired) electrons. The monoisotopic (exact) mass is 802 g/mol. The quantitative estimate of drug-likeness (QED) is 0.214. The van der Waals surface area contributed by atoms with Crippen LogP contribution < -0.4 is 9.64 Å². The van der Waals surface area contributed by atoms with Crippen molar-refractivity contribution >= 4 is 28.5 Å². The lowest BCUT2D eigenvalue weighted by atomic mass is 9.58. The first-order valence-electron chi connectivity index (χ1n) is 21.0. The molecule has 9 atom stereocenters. The highest BCUT2D eigenvalue weighted by atomic mass is 19.3. The fraction of sp³-hybridized carbons (Fsp3) is 0.565. The molecule has 6 heterocycles. The van der Waals surface area contributed by atoms with Gasteiger partial charge in [-0.15, -0.1) is 0 Å². The molecule has 2 fully saturated rings. The number of ether oxygens (including phenoxy) is 3. The lowest BCUT2D eigenvalue weighted by Crippen LogP contribution is -2.69. The van der Waals surface area contributed by atoms with Crippen molar-refractivity contribution < 1.29 is 37.7 Å². The van der Waals surface area contributed by atoms with Gasteiger partial charge in [-0.1, -0.05) is 64.1 Å². The number of esters is 2. The second kappa shape index (κ2) is 15.7. The minimum atomic E-state index is -3.02. The van der Waals surface area contributed by atoms with E-state index >= 15 is 13.6 Å². The van der Waals surface area contributed by atoms with Crippen LogP contribution in [0.1, 0.15) is 76.8 Å². The Labute approximate surface area is 341 Å². The number of aromatic nitrogens is 1. The third-order valence-corrected chi connectivity index (χ3v) is 13.7. The van der Waals surface area contributed by atoms with E-state index in [0.29, 0.717) is 36.5 Å². The number of anilines is 1. The minimum absolute atomic E-state index is 0.0539. The summed E-state index contributed by atoms with van der Waals surface area (Å²) in [4.78, 5) is 37.8. The van der Waals surface area contributed by atoms with Gasteiger partial charge in [0.05, 0.1) is 20.3 Å². The van der Waals surface area contributed by atoms with Crippen molar-refractivity contribution in [2.75, 3.05) is 58.9 Å². The van der Waals surface area contributed by atoms with Crippen LogP contribution in [0.4, 0.5) is 14.5 Å². The van der Waals surface area contributed by atoms with Gasteiger partial charge < -0.3 is 29.2 Å². The number of H-pyrrole nitrogens is 1. The van der Waals surface area contributed by atoms with Crippen LogP contribution in [0, 0.1) is 11.8 Å². The first-order valence-corrected chi connectivity index (χ1v) is 21.0. The number of likely N-dealkylation sites (N-methyl/N-ethyl adjacent to an activating group) is 1. The van der Waals surface area contributed by atoms with E-state index in [1.165, 1.54) is 14.0 Å². The summed E-state index contributed by atoms with van der Waals surface area (Å²) in [6.45, 7) is 13.1. The van der Waals surface area contributed by atoms with Crippen molar-refractivity contribution in [2.45, 2.75) is 102 Å². The van der Waals surface area contributed by atoms with Gasteiger partial charge in [0.25, 0.3) is 5.92 Å². The maximum Gasteiger partial charge on any atom is 0.322 e. The van der Waals surface area contributed by atoms with Gasteiger partial charge in [0.2, 0.25) is 0 Å². The standard InChI is InChI=1S/C42H48F2N4O6.2C2H6/c1-23(49)54-35-28-10-8-14-48-16-13-41(37(28)48)29-18-30(33(52-4)19-32(29)46(3)38(41)34(35)50)42(39(51)53-5)20-24-17-25(40(2,43)44)22-47(21-24)15-12-27-26-9-6-7-11-31(26)45-36(27)42;2*1-2/h6-11,17-19,24,28,34-35,37-38,45,50H,12-16,20-22H2,1-5H3;2*1-2H3/t24?,28?,34-,35-,37?,38+,41-,42+;;/m1../s1. The number of hydrogen-bond acceptors (Lipinski definition) is 9. The van der Waals surface area contributed by atoms with E-state index in [0.717, 1.165) is 54.2 Å². The topological polar surface area (TPSA) is 108 Å². The Morgan fingerprint density at radius 3 is 2.47 bits per heavy atom. The van der Waals surface area contributed by atoms with Gasteiger partial charge in [-0.25, -0.2) is 8.78 Å². The first kappa shape index (κ1) is 41.9. The highest BCUT2D eigenvalue weighted by Gasteiger charge is 2.69. The van der Waals surface area contributed by atoms with E-state index < -0.39 is 52.9 Å². The molecule has 1 saturated heterocycles. The Bertz CT molecular complexity index is 2110. The Morgan fingerprint density at radius 1 is 1.03 bits per heavy atom. The number of aromatic amines is 1. The molecule has 1 spiro atoms. The van der Waals surface area contributed by atoms with E-state index in [1.807, 2.05) is 65.1 Å². The minimum Gasteiger partial charge on any atom is -0.496 e. The van der Waals surface area contributed by atoms with Crippen LogP contribution in [0.5, 0.6) is 5.75 Å². The molecule has 5 aliphatic heterocycles. The molecule has 6 aliphatic rings. The maximum absolute atomic E-state index is 15.1. The molecular weight excluding hydrogens is 743 g/mol. The number of rotatable bonds is 5. The van der Waals surface area contributed by atoms with Crippen LogP contribution >= 0.6 is 0 Å². The molecule has 2 N–H and O–H groups in total. The average molecular weight is 803 g/mol. The molecule has 9 rings (SSSR count). The van der Waals surface area contributed by atoms with Gasteiger partial charge in [0.15, 0.2) is 0 Å². The molecular formula is C46H60F2N4O6. The number of benzene rings is 2. The van der Waals surface area contributed by atoms with Gasteiger partial charge in [0.1, 0.15) is 23.4 Å². The highest BCUT2D eigenvalue weighted by Crippen LogP contribution is 2.62. The Hall–Kier alpha value is -4.26. The third kappa shape index (κ3) is 6.19. The smallest absolute Gasteiger partial charge is 0.322 e. The SMILES string of the molecule is CC.CC.COC(=O)[C@]1(c2cc3c(cc2OC)N(C)[C@H]2[C@H](O)[C@H](OC(C)=O)C4C=CCN5CC[C@]32C45)CC2C=C(C(C)(F)F)CN(CCc3c1[nH]c1ccccc31)C2. The van der Waals surface area contributed by atoms with Crippen LogP contribution in [-0.4, -0.2) is 116 Å². The molecule has 1 aliphatic carbocycles. The zero-order chi connectivity index (χ0) is 41.9. The molecule has 3 aromatic rings. The van der Waals surface area contributed by atoms with Crippen molar-refractivity contribution in [3.05, 3.63) is 82.6 Å². The summed E-state index contributed by atoms with van der Waals surface area (Å²) in [5.74, 6) is -4.17. The number of fused-ring (bicyclic) bond motifs is 6. The second-order valence-corrected chi connectivity index (χ2v) is 16.4. The highest BCUT2D eigenvalue weighted by molar-refractivity contribution is 5.94. The Morgan fingerprint density at radius 2 is 1.78 bits per heavy atom. The van der Waals surface area contributed by atoms with Crippen molar-refractivity contribution in [3.63, 3.8) is 0 Å². The van der Waals surface area contributed by atoms with Crippen LogP contribution in [0.15, 0.2) is 60.2 Å². The average Bonchev–Trinajstić information content (AvgIpc) is 3.88. The van der Waals surface area contributed by atoms with Gasteiger partial charge in [-0.2, -0.15) is 0 Å². The first-order chi connectivity index (χ1) is 27.8. The van der Waals surface area contributed by atoms with Gasteiger partial charge in [0, 0.05) is 104 Å². The van der Waals surface area contributed by atoms with Crippen LogP contribution in [-0.2, 0) is 36.3 Å². The van der Waals surface area contributed by atoms with Crippen molar-refractivity contribution in [2.24, 2.45) is 11.8 Å². The molecule has 2 aromatic carbocycles. The summed E-state index contributed by atoms with van der Waals surface area (Å²) in [5, 5.41) is 13.2. The fourth-order valence-corrected chi connectivity index (χ4v) is 11.7. The van der Waals surface area contributed by atoms with E-state index in [4.69, 9.17) is 14.2 Å². The van der Waals surface area contributed by atoms with Crippen molar-refractivity contribution in [1.29, 1.82) is 0 Å². The van der Waals surface area contributed by atoms with Gasteiger partial charge in [-0.05, 0) is 55.0 Å². The van der Waals surface area contributed by atoms with Crippen molar-refractivity contribution in [1.82, 2.24) is 14.8 Å². The van der Waals surface area contributed by atoms with E-state index in [2.05, 4.69) is 37.9 Å². The predicted octanol–water partition coefficient (Wildman–Crippen LogP) is 6.77. The number of aliphatic hydroxyl groups excluding tert-OH is 1. The van der Waals surface area contributed by atoms with E-state index in [1.54, 1.807) is 13.2 Å². The van der Waals surface area contributed by atoms with Gasteiger partial charge >= 0.3 is 11.9 Å². The summed E-state index contributed by atoms with van der Waals surface area (Å²) in [6, 6.07) is 11.5. The number of nitrogens with zero attached hydrogens (tertiary/aromatic N) is 3. The zero-order valence-corrected chi connectivity index (χ0v) is 35.4. The molecule has 12 heteroatoms. The number of carbonyl (C=O) groups excluding carboxylic acids is 2. The molecule has 1 aromatic heterocycles. The largest absolute Gasteiger partial charge is 0.496 e. The third-order valence-electron chi connectivity index (χ3n) is 13.7. The summed E-state index contributed by atoms with van der Waals surface area (Å²) in [5.41, 5.74) is 2.95. The summed E-state index contributed by atoms with van der Waals surface area (Å²) in [6.07, 6.45) is 5.57. The van der Waals surface area contributed by atoms with Crippen LogP contribution in [0.25, 0.3) is 10.9 Å². The van der Waals surface area contributed by atoms with Gasteiger partial charge in [-0.3, -0.25) is 19.4 Å². The number of methoxy groups -OCH3 is 2. The molecule has 2 bridgehead atoms. The Kier molecular flexibility index (Phi) is 11.4. The lowest BCUT2D eigenvalue weighted by molar-refractivity contribution is -0.166. The summed E-state index contributed by atoms with van der Waals surface area (Å²) < 4.78 is 48.3. The maximum atomic E-state index is 15.1. The summed E-state index contributed by atoms with van der Waals surface area (Å²) in [7, 11) is 4.93.